The van der Waals surface area contributed by atoms with Gasteiger partial charge < -0.3 is 0 Å². The standard InChI is InChI=1S/C13H18N2O2/c16-8-14-12-3-1-10(6-12)5-11-2-4-13(7-11)15-9-17/h10-13H,1-7H2. The molecule has 0 spiro atoms. The number of rotatable bonds is 4. The Morgan fingerprint density at radius 3 is 1.71 bits per heavy atom. The quantitative estimate of drug-likeness (QED) is 0.554. The zero-order chi connectivity index (χ0) is 12.1. The van der Waals surface area contributed by atoms with Crippen molar-refractivity contribution in [1.29, 1.82) is 0 Å². The number of aliphatic imine (C=N–C) groups is 2. The minimum atomic E-state index is 0.211. The van der Waals surface area contributed by atoms with Crippen LogP contribution in [0.4, 0.5) is 0 Å². The van der Waals surface area contributed by atoms with Gasteiger partial charge in [0, 0.05) is 0 Å². The molecule has 0 radical (unpaired) electrons. The normalized spacial score (nSPS) is 36.2. The van der Waals surface area contributed by atoms with Gasteiger partial charge in [0.2, 0.25) is 12.2 Å². The van der Waals surface area contributed by atoms with Gasteiger partial charge in [-0.15, -0.1) is 0 Å². The van der Waals surface area contributed by atoms with Crippen LogP contribution in [-0.2, 0) is 9.59 Å². The fraction of sp³-hybridized carbons (Fsp3) is 0.846. The summed E-state index contributed by atoms with van der Waals surface area (Å²) in [5, 5.41) is 0. The summed E-state index contributed by atoms with van der Waals surface area (Å²) in [6.45, 7) is 0. The van der Waals surface area contributed by atoms with Gasteiger partial charge in [-0.05, 0) is 56.8 Å². The fourth-order valence-electron chi connectivity index (χ4n) is 3.38. The lowest BCUT2D eigenvalue weighted by Crippen LogP contribution is -2.06. The molecule has 2 rings (SSSR count). The van der Waals surface area contributed by atoms with Crippen molar-refractivity contribution in [3.8, 4) is 0 Å². The number of hydrogen-bond acceptors (Lipinski definition) is 4. The summed E-state index contributed by atoms with van der Waals surface area (Å²) < 4.78 is 0. The van der Waals surface area contributed by atoms with Crippen molar-refractivity contribution < 1.29 is 9.59 Å². The maximum atomic E-state index is 10.2. The number of nitrogens with zero attached hydrogens (tertiary/aromatic N) is 2. The van der Waals surface area contributed by atoms with Crippen molar-refractivity contribution in [2.45, 2.75) is 57.0 Å². The monoisotopic (exact) mass is 234 g/mol. The molecule has 4 nitrogen and oxygen atoms in total. The summed E-state index contributed by atoms with van der Waals surface area (Å²) in [6.07, 6.45) is 11.0. The molecule has 2 aliphatic rings. The number of carbonyl (C=O) groups excluding carboxylic acids is 2. The molecule has 92 valence electrons. The lowest BCUT2D eigenvalue weighted by molar-refractivity contribution is 0.376. The largest absolute Gasteiger partial charge is 0.235 e. The van der Waals surface area contributed by atoms with Gasteiger partial charge >= 0.3 is 0 Å². The molecule has 0 bridgehead atoms. The first-order valence-corrected chi connectivity index (χ1v) is 6.45. The molecular formula is C13H18N2O2. The van der Waals surface area contributed by atoms with E-state index < -0.39 is 0 Å². The Labute approximate surface area is 101 Å². The van der Waals surface area contributed by atoms with Gasteiger partial charge in [-0.1, -0.05) is 0 Å². The Morgan fingerprint density at radius 1 is 0.824 bits per heavy atom. The molecular weight excluding hydrogens is 216 g/mol. The predicted octanol–water partition coefficient (Wildman–Crippen LogP) is 2.39. The summed E-state index contributed by atoms with van der Waals surface area (Å²) in [6, 6.07) is 0.422. The van der Waals surface area contributed by atoms with Gasteiger partial charge in [-0.2, -0.15) is 0 Å². The van der Waals surface area contributed by atoms with E-state index in [4.69, 9.17) is 0 Å². The molecule has 0 aliphatic heterocycles. The van der Waals surface area contributed by atoms with Crippen LogP contribution in [0.15, 0.2) is 9.98 Å². The summed E-state index contributed by atoms with van der Waals surface area (Å²) in [4.78, 5) is 28.0. The molecule has 17 heavy (non-hydrogen) atoms. The minimum absolute atomic E-state index is 0.211. The second kappa shape index (κ2) is 5.90. The molecule has 2 aliphatic carbocycles. The molecule has 4 atom stereocenters. The van der Waals surface area contributed by atoms with E-state index in [9.17, 15) is 9.59 Å². The van der Waals surface area contributed by atoms with Crippen molar-refractivity contribution in [1.82, 2.24) is 0 Å². The Hall–Kier alpha value is -1.24. The van der Waals surface area contributed by atoms with Gasteiger partial charge in [0.1, 0.15) is 0 Å². The highest BCUT2D eigenvalue weighted by Crippen LogP contribution is 2.38. The first-order valence-electron chi connectivity index (χ1n) is 6.45. The number of hydrogen-bond donors (Lipinski definition) is 0. The van der Waals surface area contributed by atoms with E-state index in [-0.39, 0.29) is 12.1 Å². The van der Waals surface area contributed by atoms with E-state index in [1.54, 1.807) is 12.2 Å². The van der Waals surface area contributed by atoms with Crippen LogP contribution in [0.3, 0.4) is 0 Å². The van der Waals surface area contributed by atoms with E-state index in [1.807, 2.05) is 0 Å². The molecule has 0 aromatic rings. The van der Waals surface area contributed by atoms with Gasteiger partial charge in [0.15, 0.2) is 0 Å². The van der Waals surface area contributed by atoms with E-state index >= 15 is 0 Å². The molecule has 2 fully saturated rings. The van der Waals surface area contributed by atoms with Crippen molar-refractivity contribution in [2.24, 2.45) is 21.8 Å². The van der Waals surface area contributed by atoms with Crippen LogP contribution >= 0.6 is 0 Å². The van der Waals surface area contributed by atoms with Crippen molar-refractivity contribution in [3.05, 3.63) is 0 Å². The maximum absolute atomic E-state index is 10.2. The van der Waals surface area contributed by atoms with Crippen molar-refractivity contribution in [2.75, 3.05) is 0 Å². The third kappa shape index (κ3) is 3.36. The highest BCUT2D eigenvalue weighted by molar-refractivity contribution is 5.34. The van der Waals surface area contributed by atoms with Gasteiger partial charge in [0.05, 0.1) is 12.1 Å². The molecule has 2 saturated carbocycles. The first-order chi connectivity index (χ1) is 8.31. The fourth-order valence-corrected chi connectivity index (χ4v) is 3.38. The third-order valence-corrected chi connectivity index (χ3v) is 4.16. The average Bonchev–Trinajstić information content (AvgIpc) is 2.91. The number of isocyanates is 2. The minimum Gasteiger partial charge on any atom is -0.211 e. The van der Waals surface area contributed by atoms with Crippen molar-refractivity contribution >= 4 is 12.2 Å². The van der Waals surface area contributed by atoms with Crippen LogP contribution in [0.2, 0.25) is 0 Å². The summed E-state index contributed by atoms with van der Waals surface area (Å²) in [5.74, 6) is 1.39. The Bertz CT molecular complexity index is 322. The Balaban J connectivity index is 1.76. The second-order valence-corrected chi connectivity index (χ2v) is 5.34. The highest BCUT2D eigenvalue weighted by atomic mass is 16.1. The summed E-state index contributed by atoms with van der Waals surface area (Å²) >= 11 is 0. The molecule has 0 aromatic carbocycles. The van der Waals surface area contributed by atoms with E-state index in [1.165, 1.54) is 19.3 Å². The highest BCUT2D eigenvalue weighted by Gasteiger charge is 2.30. The molecule has 0 heterocycles. The SMILES string of the molecule is O=C=NC1CCC(CC2CCC(N=C=O)C2)C1. The summed E-state index contributed by atoms with van der Waals surface area (Å²) in [7, 11) is 0. The molecule has 0 N–H and O–H groups in total. The molecule has 4 unspecified atom stereocenters. The van der Waals surface area contributed by atoms with Crippen LogP contribution in [0.5, 0.6) is 0 Å². The molecule has 4 heteroatoms. The van der Waals surface area contributed by atoms with E-state index in [0.717, 1.165) is 25.7 Å². The van der Waals surface area contributed by atoms with Gasteiger partial charge in [-0.25, -0.2) is 19.6 Å². The van der Waals surface area contributed by atoms with E-state index in [2.05, 4.69) is 9.98 Å². The second-order valence-electron chi connectivity index (χ2n) is 5.34. The third-order valence-electron chi connectivity index (χ3n) is 4.16. The smallest absolute Gasteiger partial charge is 0.211 e. The van der Waals surface area contributed by atoms with Crippen molar-refractivity contribution in [3.63, 3.8) is 0 Å². The van der Waals surface area contributed by atoms with Crippen LogP contribution in [0.25, 0.3) is 0 Å². The lowest BCUT2D eigenvalue weighted by Gasteiger charge is -2.14. The van der Waals surface area contributed by atoms with Gasteiger partial charge in [0.25, 0.3) is 0 Å². The van der Waals surface area contributed by atoms with Crippen LogP contribution in [0, 0.1) is 11.8 Å². The van der Waals surface area contributed by atoms with Crippen LogP contribution < -0.4 is 0 Å². The maximum Gasteiger partial charge on any atom is 0.235 e. The predicted molar refractivity (Wildman–Crippen MR) is 63.1 cm³/mol. The zero-order valence-electron chi connectivity index (χ0n) is 9.97. The Kier molecular flexibility index (Phi) is 4.24. The van der Waals surface area contributed by atoms with E-state index in [0.29, 0.717) is 11.8 Å². The topological polar surface area (TPSA) is 58.9 Å². The zero-order valence-corrected chi connectivity index (χ0v) is 9.97. The van der Waals surface area contributed by atoms with Crippen LogP contribution in [-0.4, -0.2) is 24.2 Å². The summed E-state index contributed by atoms with van der Waals surface area (Å²) in [5.41, 5.74) is 0. The van der Waals surface area contributed by atoms with Gasteiger partial charge in [-0.3, -0.25) is 0 Å². The average molecular weight is 234 g/mol. The Morgan fingerprint density at radius 2 is 1.29 bits per heavy atom. The molecule has 0 amide bonds. The first kappa shape index (κ1) is 12.2. The van der Waals surface area contributed by atoms with Crippen LogP contribution in [0.1, 0.15) is 44.9 Å². The molecule has 0 saturated heterocycles. The lowest BCUT2D eigenvalue weighted by atomic mass is 9.92. The molecule has 0 aromatic heterocycles.